The summed E-state index contributed by atoms with van der Waals surface area (Å²) in [6, 6.07) is 0. The third-order valence-electron chi connectivity index (χ3n) is 2.06. The second kappa shape index (κ2) is 4.95. The normalized spacial score (nSPS) is 20.7. The zero-order valence-electron chi connectivity index (χ0n) is 7.15. The van der Waals surface area contributed by atoms with Gasteiger partial charge in [-0.05, 0) is 12.8 Å². The lowest BCUT2D eigenvalue weighted by atomic mass is 10.2. The van der Waals surface area contributed by atoms with Gasteiger partial charge in [-0.2, -0.15) is 0 Å². The highest BCUT2D eigenvalue weighted by Crippen LogP contribution is 2.31. The molecule has 0 atom stereocenters. The van der Waals surface area contributed by atoms with Gasteiger partial charge < -0.3 is 0 Å². The molecule has 0 aromatic carbocycles. The summed E-state index contributed by atoms with van der Waals surface area (Å²) < 4.78 is 3.60. The van der Waals surface area contributed by atoms with Crippen molar-refractivity contribution in [3.05, 3.63) is 11.6 Å². The zero-order valence-corrected chi connectivity index (χ0v) is 10.9. The summed E-state index contributed by atoms with van der Waals surface area (Å²) in [6.07, 6.45) is 4.49. The predicted molar refractivity (Wildman–Crippen MR) is 66.6 cm³/mol. The standard InChI is InChI=1S/C8H11IN2S2/c9-11-4-1-7(2-5-11)13-8-10-3-6-12-8/h3,6-7H,1-2,4-5H2. The van der Waals surface area contributed by atoms with E-state index in [4.69, 9.17) is 0 Å². The minimum Gasteiger partial charge on any atom is -0.247 e. The highest BCUT2D eigenvalue weighted by molar-refractivity contribution is 14.1. The topological polar surface area (TPSA) is 16.1 Å². The van der Waals surface area contributed by atoms with E-state index in [0.717, 1.165) is 5.25 Å². The van der Waals surface area contributed by atoms with Gasteiger partial charge in [-0.1, -0.05) is 11.8 Å². The quantitative estimate of drug-likeness (QED) is 0.614. The number of thioether (sulfide) groups is 1. The van der Waals surface area contributed by atoms with E-state index in [9.17, 15) is 0 Å². The van der Waals surface area contributed by atoms with Crippen LogP contribution >= 0.6 is 46.0 Å². The molecule has 0 spiro atoms. The summed E-state index contributed by atoms with van der Waals surface area (Å²) in [6.45, 7) is 2.45. The van der Waals surface area contributed by atoms with E-state index in [-0.39, 0.29) is 0 Å². The lowest BCUT2D eigenvalue weighted by Crippen LogP contribution is -2.27. The van der Waals surface area contributed by atoms with E-state index >= 15 is 0 Å². The molecule has 1 saturated heterocycles. The van der Waals surface area contributed by atoms with Gasteiger partial charge in [0.2, 0.25) is 0 Å². The van der Waals surface area contributed by atoms with Crippen LogP contribution in [0.1, 0.15) is 12.8 Å². The highest BCUT2D eigenvalue weighted by atomic mass is 127. The molecule has 0 saturated carbocycles. The number of piperidine rings is 1. The van der Waals surface area contributed by atoms with Crippen LogP contribution in [-0.4, -0.2) is 26.4 Å². The largest absolute Gasteiger partial charge is 0.247 e. The Balaban J connectivity index is 1.83. The van der Waals surface area contributed by atoms with Crippen molar-refractivity contribution >= 4 is 46.0 Å². The molecule has 0 N–H and O–H groups in total. The van der Waals surface area contributed by atoms with Crippen LogP contribution in [0.15, 0.2) is 15.9 Å². The third kappa shape index (κ3) is 3.07. The summed E-state index contributed by atoms with van der Waals surface area (Å²) in [5.41, 5.74) is 0. The Hall–Kier alpha value is 0.670. The molecule has 1 aliphatic rings. The molecule has 0 aliphatic carbocycles. The monoisotopic (exact) mass is 326 g/mol. The van der Waals surface area contributed by atoms with Gasteiger partial charge >= 0.3 is 0 Å². The molecule has 1 aromatic rings. The Kier molecular flexibility index (Phi) is 3.88. The number of thiazole rings is 1. The van der Waals surface area contributed by atoms with Crippen molar-refractivity contribution in [2.45, 2.75) is 22.4 Å². The van der Waals surface area contributed by atoms with E-state index in [2.05, 4.69) is 36.3 Å². The molecule has 2 heterocycles. The lowest BCUT2D eigenvalue weighted by Gasteiger charge is -2.26. The minimum absolute atomic E-state index is 0.789. The SMILES string of the molecule is IN1CCC(Sc2nccs2)CC1. The van der Waals surface area contributed by atoms with Crippen LogP contribution in [0.3, 0.4) is 0 Å². The number of halogens is 1. The predicted octanol–water partition coefficient (Wildman–Crippen LogP) is 3.05. The van der Waals surface area contributed by atoms with E-state index in [1.165, 1.54) is 30.3 Å². The summed E-state index contributed by atoms with van der Waals surface area (Å²) in [5.74, 6) is 0. The molecule has 1 aromatic heterocycles. The third-order valence-corrected chi connectivity index (χ3v) is 5.28. The maximum Gasteiger partial charge on any atom is 0.150 e. The Morgan fingerprint density at radius 1 is 1.54 bits per heavy atom. The summed E-state index contributed by atoms with van der Waals surface area (Å²) in [5, 5.41) is 2.84. The fraction of sp³-hybridized carbons (Fsp3) is 0.625. The van der Waals surface area contributed by atoms with Crippen LogP contribution in [-0.2, 0) is 0 Å². The van der Waals surface area contributed by atoms with Crippen molar-refractivity contribution < 1.29 is 0 Å². The number of hydrogen-bond acceptors (Lipinski definition) is 4. The maximum absolute atomic E-state index is 4.30. The van der Waals surface area contributed by atoms with Crippen LogP contribution in [0.2, 0.25) is 0 Å². The lowest BCUT2D eigenvalue weighted by molar-refractivity contribution is 0.415. The Bertz CT molecular complexity index is 245. The second-order valence-corrected chi connectivity index (χ2v) is 6.83. The number of nitrogens with zero attached hydrogens (tertiary/aromatic N) is 2. The average Bonchev–Trinajstić information content (AvgIpc) is 2.62. The number of rotatable bonds is 2. The van der Waals surface area contributed by atoms with Crippen LogP contribution < -0.4 is 0 Å². The highest BCUT2D eigenvalue weighted by Gasteiger charge is 2.18. The maximum atomic E-state index is 4.30. The fourth-order valence-electron chi connectivity index (χ4n) is 1.35. The molecule has 0 radical (unpaired) electrons. The van der Waals surface area contributed by atoms with Crippen LogP contribution in [0.25, 0.3) is 0 Å². The Labute approximate surface area is 101 Å². The van der Waals surface area contributed by atoms with E-state index in [0.29, 0.717) is 0 Å². The molecule has 0 unspecified atom stereocenters. The van der Waals surface area contributed by atoms with Gasteiger partial charge in [0.15, 0.2) is 0 Å². The molecular weight excluding hydrogens is 315 g/mol. The smallest absolute Gasteiger partial charge is 0.150 e. The van der Waals surface area contributed by atoms with Crippen molar-refractivity contribution in [2.24, 2.45) is 0 Å². The number of aromatic nitrogens is 1. The van der Waals surface area contributed by atoms with Crippen molar-refractivity contribution in [2.75, 3.05) is 13.1 Å². The van der Waals surface area contributed by atoms with Gasteiger partial charge in [0, 0.05) is 52.8 Å². The summed E-state index contributed by atoms with van der Waals surface area (Å²) >= 11 is 6.11. The van der Waals surface area contributed by atoms with Gasteiger partial charge in [0.25, 0.3) is 0 Å². The van der Waals surface area contributed by atoms with Crippen molar-refractivity contribution in [3.8, 4) is 0 Å². The van der Waals surface area contributed by atoms with Crippen LogP contribution in [0, 0.1) is 0 Å². The van der Waals surface area contributed by atoms with Crippen molar-refractivity contribution in [3.63, 3.8) is 0 Å². The van der Waals surface area contributed by atoms with Crippen LogP contribution in [0.5, 0.6) is 0 Å². The molecule has 72 valence electrons. The summed E-state index contributed by atoms with van der Waals surface area (Å²) in [7, 11) is 0. The molecule has 2 nitrogen and oxygen atoms in total. The molecule has 2 rings (SSSR count). The van der Waals surface area contributed by atoms with E-state index < -0.39 is 0 Å². The number of hydrogen-bond donors (Lipinski definition) is 0. The molecule has 1 fully saturated rings. The molecule has 0 amide bonds. The van der Waals surface area contributed by atoms with Gasteiger partial charge in [0.1, 0.15) is 4.34 Å². The summed E-state index contributed by atoms with van der Waals surface area (Å²) in [4.78, 5) is 4.30. The van der Waals surface area contributed by atoms with Gasteiger partial charge in [-0.25, -0.2) is 8.10 Å². The van der Waals surface area contributed by atoms with Crippen molar-refractivity contribution in [1.82, 2.24) is 8.10 Å². The molecule has 0 bridgehead atoms. The van der Waals surface area contributed by atoms with E-state index in [1.54, 1.807) is 11.3 Å². The van der Waals surface area contributed by atoms with Crippen LogP contribution in [0.4, 0.5) is 0 Å². The molecular formula is C8H11IN2S2. The first-order valence-electron chi connectivity index (χ1n) is 4.31. The van der Waals surface area contributed by atoms with E-state index in [1.807, 2.05) is 18.0 Å². The first-order valence-corrected chi connectivity index (χ1v) is 7.04. The minimum atomic E-state index is 0.789. The Morgan fingerprint density at radius 3 is 2.92 bits per heavy atom. The molecule has 13 heavy (non-hydrogen) atoms. The first kappa shape index (κ1) is 10.2. The van der Waals surface area contributed by atoms with Gasteiger partial charge in [-0.3, -0.25) is 0 Å². The first-order chi connectivity index (χ1) is 6.34. The molecule has 5 heteroatoms. The average molecular weight is 326 g/mol. The Morgan fingerprint density at radius 2 is 2.31 bits per heavy atom. The van der Waals surface area contributed by atoms with Gasteiger partial charge in [0.05, 0.1) is 0 Å². The molecule has 1 aliphatic heterocycles. The van der Waals surface area contributed by atoms with Crippen molar-refractivity contribution in [1.29, 1.82) is 0 Å². The fourth-order valence-corrected chi connectivity index (χ4v) is 3.92. The zero-order chi connectivity index (χ0) is 9.10. The second-order valence-electron chi connectivity index (χ2n) is 3.03. The van der Waals surface area contributed by atoms with Gasteiger partial charge in [-0.15, -0.1) is 11.3 Å².